The Labute approximate surface area is 129 Å². The summed E-state index contributed by atoms with van der Waals surface area (Å²) in [6.45, 7) is 5.01. The molecule has 0 amide bonds. The van der Waals surface area contributed by atoms with Gasteiger partial charge in [-0.2, -0.15) is 0 Å². The minimum atomic E-state index is -0.206. The fourth-order valence-corrected chi connectivity index (χ4v) is 3.90. The zero-order valence-corrected chi connectivity index (χ0v) is 13.6. The largest absolute Gasteiger partial charge is 0.468 e. The number of carbonyl (C=O) groups is 1. The van der Waals surface area contributed by atoms with Crippen molar-refractivity contribution in [2.75, 3.05) is 19.5 Å². The first-order valence-corrected chi connectivity index (χ1v) is 8.13. The van der Waals surface area contributed by atoms with Crippen molar-refractivity contribution in [3.8, 4) is 0 Å². The van der Waals surface area contributed by atoms with Gasteiger partial charge in [-0.25, -0.2) is 4.39 Å². The number of thioether (sulfide) groups is 1. The van der Waals surface area contributed by atoms with Gasteiger partial charge in [0.25, 0.3) is 0 Å². The van der Waals surface area contributed by atoms with Crippen LogP contribution in [0.4, 0.5) is 4.39 Å². The maximum atomic E-state index is 12.9. The van der Waals surface area contributed by atoms with E-state index in [1.165, 1.54) is 19.2 Å². The maximum Gasteiger partial charge on any atom is 0.324 e. The van der Waals surface area contributed by atoms with Gasteiger partial charge < -0.3 is 4.74 Å². The highest BCUT2D eigenvalue weighted by Gasteiger charge is 2.46. The Balaban J connectivity index is 1.90. The van der Waals surface area contributed by atoms with Crippen LogP contribution in [0.15, 0.2) is 24.3 Å². The Morgan fingerprint density at radius 2 is 2.10 bits per heavy atom. The van der Waals surface area contributed by atoms with E-state index in [4.69, 9.17) is 4.74 Å². The summed E-state index contributed by atoms with van der Waals surface area (Å²) in [6.07, 6.45) is 1.82. The van der Waals surface area contributed by atoms with Crippen molar-refractivity contribution in [3.63, 3.8) is 0 Å². The van der Waals surface area contributed by atoms with Gasteiger partial charge in [0.15, 0.2) is 0 Å². The summed E-state index contributed by atoms with van der Waals surface area (Å²) in [5.74, 6) is 0.477. The molecule has 1 atom stereocenters. The van der Waals surface area contributed by atoms with Crippen LogP contribution in [0.3, 0.4) is 0 Å². The third-order valence-corrected chi connectivity index (χ3v) is 5.30. The van der Waals surface area contributed by atoms with Crippen LogP contribution in [0.5, 0.6) is 0 Å². The van der Waals surface area contributed by atoms with Gasteiger partial charge in [-0.1, -0.05) is 12.1 Å². The van der Waals surface area contributed by atoms with Gasteiger partial charge in [0.1, 0.15) is 11.9 Å². The second-order valence-corrected chi connectivity index (χ2v) is 7.44. The number of carbonyl (C=O) groups excluding carboxylic acids is 1. The van der Waals surface area contributed by atoms with E-state index in [0.717, 1.165) is 30.8 Å². The van der Waals surface area contributed by atoms with E-state index in [1.54, 1.807) is 11.8 Å². The van der Waals surface area contributed by atoms with Crippen molar-refractivity contribution in [1.29, 1.82) is 0 Å². The van der Waals surface area contributed by atoms with E-state index < -0.39 is 0 Å². The number of nitrogens with zero attached hydrogens (tertiary/aromatic N) is 1. The van der Waals surface area contributed by atoms with Crippen LogP contribution in [-0.4, -0.2) is 41.2 Å². The van der Waals surface area contributed by atoms with Gasteiger partial charge in [-0.05, 0) is 44.4 Å². The summed E-state index contributed by atoms with van der Waals surface area (Å²) in [5.41, 5.74) is 1.12. The van der Waals surface area contributed by atoms with E-state index in [2.05, 4.69) is 18.7 Å². The topological polar surface area (TPSA) is 29.5 Å². The van der Waals surface area contributed by atoms with Crippen LogP contribution >= 0.6 is 11.8 Å². The molecule has 0 bridgehead atoms. The number of benzene rings is 1. The molecule has 0 saturated carbocycles. The van der Waals surface area contributed by atoms with Gasteiger partial charge in [-0.15, -0.1) is 11.8 Å². The van der Waals surface area contributed by atoms with Gasteiger partial charge >= 0.3 is 5.97 Å². The van der Waals surface area contributed by atoms with E-state index in [0.29, 0.717) is 0 Å². The van der Waals surface area contributed by atoms with Gasteiger partial charge in [0.05, 0.1) is 7.11 Å². The highest BCUT2D eigenvalue weighted by Crippen LogP contribution is 2.39. The monoisotopic (exact) mass is 311 g/mol. The molecule has 1 heterocycles. The average molecular weight is 311 g/mol. The second kappa shape index (κ2) is 6.79. The lowest BCUT2D eigenvalue weighted by molar-refractivity contribution is -0.147. The minimum Gasteiger partial charge on any atom is -0.468 e. The smallest absolute Gasteiger partial charge is 0.324 e. The summed E-state index contributed by atoms with van der Waals surface area (Å²) in [6, 6.07) is 6.41. The van der Waals surface area contributed by atoms with Crippen molar-refractivity contribution in [2.45, 2.75) is 37.5 Å². The Hall–Kier alpha value is -1.07. The molecule has 1 saturated heterocycles. The molecule has 3 nitrogen and oxygen atoms in total. The van der Waals surface area contributed by atoms with E-state index >= 15 is 0 Å². The summed E-state index contributed by atoms with van der Waals surface area (Å²) >= 11 is 1.78. The van der Waals surface area contributed by atoms with Gasteiger partial charge in [0, 0.05) is 17.2 Å². The highest BCUT2D eigenvalue weighted by atomic mass is 32.2. The number of hydrogen-bond donors (Lipinski definition) is 0. The third-order valence-electron chi connectivity index (χ3n) is 3.87. The average Bonchev–Trinajstić information content (AvgIpc) is 2.75. The number of rotatable bonds is 5. The fourth-order valence-electron chi connectivity index (χ4n) is 2.72. The number of aryl methyl sites for hydroxylation is 1. The quantitative estimate of drug-likeness (QED) is 0.782. The van der Waals surface area contributed by atoms with Crippen molar-refractivity contribution >= 4 is 17.7 Å². The molecule has 21 heavy (non-hydrogen) atoms. The normalized spacial score (nSPS) is 21.4. The van der Waals surface area contributed by atoms with Crippen molar-refractivity contribution in [3.05, 3.63) is 35.6 Å². The van der Waals surface area contributed by atoms with Crippen molar-refractivity contribution in [1.82, 2.24) is 4.90 Å². The van der Waals surface area contributed by atoms with Gasteiger partial charge in [-0.3, -0.25) is 9.69 Å². The molecular weight excluding hydrogens is 289 g/mol. The fraction of sp³-hybridized carbons (Fsp3) is 0.562. The SMILES string of the molecule is COC(=O)C1N(CCCc2ccc(F)cc2)CSC1(C)C. The lowest BCUT2D eigenvalue weighted by Gasteiger charge is -2.28. The third kappa shape index (κ3) is 3.98. The number of esters is 1. The predicted molar refractivity (Wildman–Crippen MR) is 83.8 cm³/mol. The van der Waals surface area contributed by atoms with Crippen LogP contribution in [0.1, 0.15) is 25.8 Å². The predicted octanol–water partition coefficient (Wildman–Crippen LogP) is 3.08. The lowest BCUT2D eigenvalue weighted by Crippen LogP contribution is -2.47. The molecule has 1 aliphatic heterocycles. The summed E-state index contributed by atoms with van der Waals surface area (Å²) < 4.78 is 17.7. The van der Waals surface area contributed by atoms with Crippen molar-refractivity contribution in [2.24, 2.45) is 0 Å². The Morgan fingerprint density at radius 3 is 2.71 bits per heavy atom. The second-order valence-electron chi connectivity index (χ2n) is 5.84. The molecule has 5 heteroatoms. The van der Waals surface area contributed by atoms with Crippen LogP contribution in [0.2, 0.25) is 0 Å². The van der Waals surface area contributed by atoms with Crippen LogP contribution in [-0.2, 0) is 16.0 Å². The zero-order chi connectivity index (χ0) is 15.5. The Morgan fingerprint density at radius 1 is 1.43 bits per heavy atom. The molecule has 1 unspecified atom stereocenters. The molecule has 116 valence electrons. The first-order valence-electron chi connectivity index (χ1n) is 7.14. The number of halogens is 1. The van der Waals surface area contributed by atoms with E-state index in [9.17, 15) is 9.18 Å². The summed E-state index contributed by atoms with van der Waals surface area (Å²) in [4.78, 5) is 14.2. The molecule has 1 aromatic carbocycles. The molecule has 0 N–H and O–H groups in total. The van der Waals surface area contributed by atoms with E-state index in [1.807, 2.05) is 12.1 Å². The standard InChI is InChI=1S/C16H22FNO2S/c1-16(2)14(15(19)20-3)18(11-21-16)10-4-5-12-6-8-13(17)9-7-12/h6-9,14H,4-5,10-11H2,1-3H3. The lowest BCUT2D eigenvalue weighted by atomic mass is 10.0. The minimum absolute atomic E-state index is 0.122. The first kappa shape index (κ1) is 16.3. The molecule has 0 spiro atoms. The van der Waals surface area contributed by atoms with Gasteiger partial charge in [0.2, 0.25) is 0 Å². The number of hydrogen-bond acceptors (Lipinski definition) is 4. The Bertz CT molecular complexity index is 490. The molecule has 0 radical (unpaired) electrons. The molecular formula is C16H22FNO2S. The summed E-state index contributed by atoms with van der Waals surface area (Å²) in [5, 5.41) is 0. The highest BCUT2D eigenvalue weighted by molar-refractivity contribution is 8.00. The molecule has 0 aliphatic carbocycles. The number of ether oxygens (including phenoxy) is 1. The molecule has 0 aromatic heterocycles. The number of methoxy groups -OCH3 is 1. The van der Waals surface area contributed by atoms with Crippen LogP contribution < -0.4 is 0 Å². The molecule has 1 fully saturated rings. The Kier molecular flexibility index (Phi) is 5.27. The molecule has 2 rings (SSSR count). The van der Waals surface area contributed by atoms with Crippen LogP contribution in [0.25, 0.3) is 0 Å². The molecule has 1 aliphatic rings. The summed E-state index contributed by atoms with van der Waals surface area (Å²) in [7, 11) is 1.44. The van der Waals surface area contributed by atoms with Crippen LogP contribution in [0, 0.1) is 5.82 Å². The molecule has 1 aromatic rings. The zero-order valence-electron chi connectivity index (χ0n) is 12.8. The first-order chi connectivity index (χ1) is 9.94. The van der Waals surface area contributed by atoms with Crippen molar-refractivity contribution < 1.29 is 13.9 Å². The van der Waals surface area contributed by atoms with E-state index in [-0.39, 0.29) is 22.6 Å². The maximum absolute atomic E-state index is 12.9.